The Bertz CT molecular complexity index is 534. The van der Waals surface area contributed by atoms with E-state index in [0.717, 1.165) is 10.9 Å². The first-order valence-corrected chi connectivity index (χ1v) is 6.23. The number of carbonyl (C=O) groups is 1. The zero-order valence-electron chi connectivity index (χ0n) is 9.76. The molecule has 1 aromatic carbocycles. The van der Waals surface area contributed by atoms with Crippen molar-refractivity contribution in [3.05, 3.63) is 52.0 Å². The second kappa shape index (κ2) is 5.18. The number of halogens is 1. The van der Waals surface area contributed by atoms with Gasteiger partial charge in [0.2, 0.25) is 0 Å². The molecular formula is C13H12FNO2S. The average Bonchev–Trinajstić information content (AvgIpc) is 2.81. The number of nitrogens with zero attached hydrogens (tertiary/aromatic N) is 1. The van der Waals surface area contributed by atoms with E-state index in [2.05, 4.69) is 0 Å². The highest BCUT2D eigenvalue weighted by atomic mass is 32.1. The first-order valence-electron chi connectivity index (χ1n) is 5.35. The minimum Gasteiger partial charge on any atom is -0.507 e. The van der Waals surface area contributed by atoms with Crippen LogP contribution in [-0.4, -0.2) is 23.0 Å². The van der Waals surface area contributed by atoms with Crippen LogP contribution in [0.5, 0.6) is 5.75 Å². The van der Waals surface area contributed by atoms with Crippen LogP contribution in [0, 0.1) is 5.82 Å². The Morgan fingerprint density at radius 3 is 2.78 bits per heavy atom. The topological polar surface area (TPSA) is 40.5 Å². The van der Waals surface area contributed by atoms with E-state index in [9.17, 15) is 14.3 Å². The van der Waals surface area contributed by atoms with Gasteiger partial charge in [0.1, 0.15) is 17.1 Å². The normalized spacial score (nSPS) is 10.3. The third-order valence-electron chi connectivity index (χ3n) is 2.53. The van der Waals surface area contributed by atoms with Crippen LogP contribution in [0.1, 0.15) is 15.2 Å². The van der Waals surface area contributed by atoms with Crippen molar-refractivity contribution in [1.82, 2.24) is 4.90 Å². The molecular weight excluding hydrogens is 253 g/mol. The Morgan fingerprint density at radius 1 is 1.39 bits per heavy atom. The summed E-state index contributed by atoms with van der Waals surface area (Å²) in [7, 11) is 1.58. The number of hydrogen-bond acceptors (Lipinski definition) is 3. The number of benzene rings is 1. The standard InChI is InChI=1S/C13H12FNO2S/c1-15(8-9-4-3-7-18-9)13(17)12-10(14)5-2-6-11(12)16/h2-7,16H,8H2,1H3. The number of phenols is 1. The van der Waals surface area contributed by atoms with Crippen LogP contribution in [-0.2, 0) is 6.54 Å². The number of amides is 1. The molecule has 0 bridgehead atoms. The molecule has 1 N–H and O–H groups in total. The highest BCUT2D eigenvalue weighted by Gasteiger charge is 2.20. The fraction of sp³-hybridized carbons (Fsp3) is 0.154. The van der Waals surface area contributed by atoms with Crippen molar-refractivity contribution in [2.75, 3.05) is 7.05 Å². The van der Waals surface area contributed by atoms with Gasteiger partial charge in [0.15, 0.2) is 0 Å². The summed E-state index contributed by atoms with van der Waals surface area (Å²) in [5, 5.41) is 11.5. The van der Waals surface area contributed by atoms with Gasteiger partial charge in [-0.15, -0.1) is 11.3 Å². The monoisotopic (exact) mass is 265 g/mol. The highest BCUT2D eigenvalue weighted by molar-refractivity contribution is 7.09. The van der Waals surface area contributed by atoms with Crippen molar-refractivity contribution in [2.24, 2.45) is 0 Å². The number of hydrogen-bond donors (Lipinski definition) is 1. The number of carbonyl (C=O) groups excluding carboxylic acids is 1. The molecule has 0 radical (unpaired) electrons. The molecule has 0 atom stereocenters. The van der Waals surface area contributed by atoms with E-state index in [1.807, 2.05) is 17.5 Å². The molecule has 0 saturated carbocycles. The summed E-state index contributed by atoms with van der Waals surface area (Å²) in [6, 6.07) is 7.61. The second-order valence-electron chi connectivity index (χ2n) is 3.87. The molecule has 94 valence electrons. The lowest BCUT2D eigenvalue weighted by atomic mass is 10.1. The van der Waals surface area contributed by atoms with Crippen molar-refractivity contribution in [1.29, 1.82) is 0 Å². The lowest BCUT2D eigenvalue weighted by Crippen LogP contribution is -2.26. The van der Waals surface area contributed by atoms with Gasteiger partial charge >= 0.3 is 0 Å². The van der Waals surface area contributed by atoms with Gasteiger partial charge < -0.3 is 10.0 Å². The average molecular weight is 265 g/mol. The van der Waals surface area contributed by atoms with Gasteiger partial charge in [0, 0.05) is 11.9 Å². The lowest BCUT2D eigenvalue weighted by molar-refractivity contribution is 0.0778. The maximum absolute atomic E-state index is 13.5. The van der Waals surface area contributed by atoms with Crippen molar-refractivity contribution >= 4 is 17.2 Å². The number of aromatic hydroxyl groups is 1. The minimum atomic E-state index is -0.710. The summed E-state index contributed by atoms with van der Waals surface area (Å²) >= 11 is 1.52. The zero-order valence-corrected chi connectivity index (χ0v) is 10.6. The van der Waals surface area contributed by atoms with Gasteiger partial charge in [0.05, 0.1) is 6.54 Å². The van der Waals surface area contributed by atoms with E-state index in [4.69, 9.17) is 0 Å². The Balaban J connectivity index is 2.21. The predicted octanol–water partition coefficient (Wildman–Crippen LogP) is 2.87. The molecule has 0 aliphatic carbocycles. The molecule has 3 nitrogen and oxygen atoms in total. The van der Waals surface area contributed by atoms with E-state index >= 15 is 0 Å². The molecule has 1 aromatic heterocycles. The Morgan fingerprint density at radius 2 is 2.17 bits per heavy atom. The van der Waals surface area contributed by atoms with Gasteiger partial charge in [-0.3, -0.25) is 4.79 Å². The SMILES string of the molecule is CN(Cc1cccs1)C(=O)c1c(O)cccc1F. The smallest absolute Gasteiger partial charge is 0.260 e. The number of thiophene rings is 1. The molecule has 18 heavy (non-hydrogen) atoms. The maximum Gasteiger partial charge on any atom is 0.260 e. The van der Waals surface area contributed by atoms with Gasteiger partial charge in [-0.05, 0) is 23.6 Å². The first kappa shape index (κ1) is 12.6. The molecule has 2 aromatic rings. The van der Waals surface area contributed by atoms with E-state index < -0.39 is 11.7 Å². The van der Waals surface area contributed by atoms with Crippen LogP contribution in [0.15, 0.2) is 35.7 Å². The van der Waals surface area contributed by atoms with E-state index in [0.29, 0.717) is 6.54 Å². The molecule has 0 aliphatic heterocycles. The maximum atomic E-state index is 13.5. The zero-order chi connectivity index (χ0) is 13.1. The second-order valence-corrected chi connectivity index (χ2v) is 4.91. The molecule has 0 aliphatic rings. The Labute approximate surface area is 108 Å². The molecule has 2 rings (SSSR count). The predicted molar refractivity (Wildman–Crippen MR) is 68.2 cm³/mol. The largest absolute Gasteiger partial charge is 0.507 e. The number of phenolic OH excluding ortho intramolecular Hbond substituents is 1. The van der Waals surface area contributed by atoms with Crippen LogP contribution in [0.4, 0.5) is 4.39 Å². The van der Waals surface area contributed by atoms with Crippen molar-refractivity contribution < 1.29 is 14.3 Å². The first-order chi connectivity index (χ1) is 8.59. The minimum absolute atomic E-state index is 0.281. The molecule has 5 heteroatoms. The van der Waals surface area contributed by atoms with Crippen LogP contribution < -0.4 is 0 Å². The Hall–Kier alpha value is -1.88. The summed E-state index contributed by atoms with van der Waals surface area (Å²) < 4.78 is 13.5. The fourth-order valence-corrected chi connectivity index (χ4v) is 2.38. The summed E-state index contributed by atoms with van der Waals surface area (Å²) in [4.78, 5) is 14.4. The van der Waals surface area contributed by atoms with Crippen LogP contribution in [0.2, 0.25) is 0 Å². The van der Waals surface area contributed by atoms with Gasteiger partial charge in [-0.25, -0.2) is 4.39 Å². The molecule has 0 unspecified atom stereocenters. The lowest BCUT2D eigenvalue weighted by Gasteiger charge is -2.17. The van der Waals surface area contributed by atoms with Gasteiger partial charge in [0.25, 0.3) is 5.91 Å². The van der Waals surface area contributed by atoms with Crippen molar-refractivity contribution in [3.8, 4) is 5.75 Å². The van der Waals surface area contributed by atoms with E-state index in [1.54, 1.807) is 7.05 Å². The van der Waals surface area contributed by atoms with Crippen molar-refractivity contribution in [3.63, 3.8) is 0 Å². The molecule has 0 spiro atoms. The highest BCUT2D eigenvalue weighted by Crippen LogP contribution is 2.22. The van der Waals surface area contributed by atoms with Crippen molar-refractivity contribution in [2.45, 2.75) is 6.54 Å². The molecule has 0 saturated heterocycles. The fourth-order valence-electron chi connectivity index (χ4n) is 1.62. The van der Waals surface area contributed by atoms with Crippen LogP contribution >= 0.6 is 11.3 Å². The van der Waals surface area contributed by atoms with Gasteiger partial charge in [-0.1, -0.05) is 12.1 Å². The molecule has 0 fully saturated rings. The van der Waals surface area contributed by atoms with Crippen LogP contribution in [0.3, 0.4) is 0 Å². The van der Waals surface area contributed by atoms with Gasteiger partial charge in [-0.2, -0.15) is 0 Å². The molecule has 1 amide bonds. The summed E-state index contributed by atoms with van der Waals surface area (Å²) in [6.07, 6.45) is 0. The quantitative estimate of drug-likeness (QED) is 0.927. The Kier molecular flexibility index (Phi) is 3.62. The van der Waals surface area contributed by atoms with E-state index in [-0.39, 0.29) is 11.3 Å². The third-order valence-corrected chi connectivity index (χ3v) is 3.39. The van der Waals surface area contributed by atoms with Crippen LogP contribution in [0.25, 0.3) is 0 Å². The third kappa shape index (κ3) is 2.51. The summed E-state index contributed by atoms with van der Waals surface area (Å²) in [5.74, 6) is -1.57. The van der Waals surface area contributed by atoms with E-state index in [1.165, 1.54) is 28.4 Å². The molecule has 1 heterocycles. The number of rotatable bonds is 3. The summed E-state index contributed by atoms with van der Waals surface area (Å²) in [5.41, 5.74) is -0.281. The summed E-state index contributed by atoms with van der Waals surface area (Å²) in [6.45, 7) is 0.393.